The van der Waals surface area contributed by atoms with Crippen LogP contribution in [0.4, 0.5) is 5.69 Å². The molecule has 0 aliphatic rings. The van der Waals surface area contributed by atoms with Gasteiger partial charge in [0.05, 0.1) is 26.3 Å². The van der Waals surface area contributed by atoms with Gasteiger partial charge >= 0.3 is 5.97 Å². The molecule has 3 rings (SSSR count). The zero-order valence-corrected chi connectivity index (χ0v) is 15.8. The molecule has 0 bridgehead atoms. The summed E-state index contributed by atoms with van der Waals surface area (Å²) in [5.74, 6) is -1.43. The molecule has 1 aromatic heterocycles. The minimum absolute atomic E-state index is 0.0646. The third-order valence-electron chi connectivity index (χ3n) is 3.59. The summed E-state index contributed by atoms with van der Waals surface area (Å²) >= 11 is 17.7. The van der Waals surface area contributed by atoms with Crippen molar-refractivity contribution in [1.82, 2.24) is 4.98 Å². The van der Waals surface area contributed by atoms with Crippen molar-refractivity contribution in [1.29, 1.82) is 0 Å². The molecule has 27 heavy (non-hydrogen) atoms. The van der Waals surface area contributed by atoms with Crippen molar-refractivity contribution < 1.29 is 14.3 Å². The molecule has 0 atom stereocenters. The Morgan fingerprint density at radius 3 is 2.48 bits per heavy atom. The standard InChI is InChI=1S/C18H11Cl3N2O4/c19-11-6-13(21)15(7-12(11)20)23-17(25)8-27-18(26)10-5-16(24)22-14-4-2-1-3-9(10)14/h1-7H,8H2,(H,22,24)(H,23,25). The first-order valence-electron chi connectivity index (χ1n) is 7.59. The van der Waals surface area contributed by atoms with Crippen LogP contribution in [-0.4, -0.2) is 23.5 Å². The molecule has 2 aromatic carbocycles. The molecule has 1 heterocycles. The minimum Gasteiger partial charge on any atom is -0.452 e. The normalized spacial score (nSPS) is 10.6. The minimum atomic E-state index is -0.798. The molecule has 0 spiro atoms. The Balaban J connectivity index is 1.72. The second kappa shape index (κ2) is 8.00. The van der Waals surface area contributed by atoms with Crippen molar-refractivity contribution in [2.24, 2.45) is 0 Å². The molecule has 0 saturated heterocycles. The second-order valence-corrected chi connectivity index (χ2v) is 6.68. The van der Waals surface area contributed by atoms with E-state index in [2.05, 4.69) is 10.3 Å². The number of rotatable bonds is 4. The lowest BCUT2D eigenvalue weighted by Crippen LogP contribution is -2.22. The maximum Gasteiger partial charge on any atom is 0.339 e. The lowest BCUT2D eigenvalue weighted by molar-refractivity contribution is -0.119. The number of ether oxygens (including phenoxy) is 1. The summed E-state index contributed by atoms with van der Waals surface area (Å²) in [5.41, 5.74) is 0.333. The summed E-state index contributed by atoms with van der Waals surface area (Å²) in [7, 11) is 0. The molecule has 0 aliphatic carbocycles. The highest BCUT2D eigenvalue weighted by Gasteiger charge is 2.16. The zero-order valence-electron chi connectivity index (χ0n) is 13.5. The number of hydrogen-bond donors (Lipinski definition) is 2. The molecule has 9 heteroatoms. The van der Waals surface area contributed by atoms with Crippen LogP contribution in [0.3, 0.4) is 0 Å². The summed E-state index contributed by atoms with van der Waals surface area (Å²) in [6.07, 6.45) is 0. The van der Waals surface area contributed by atoms with Crippen LogP contribution in [0, 0.1) is 0 Å². The van der Waals surface area contributed by atoms with E-state index in [9.17, 15) is 14.4 Å². The number of amides is 1. The lowest BCUT2D eigenvalue weighted by Gasteiger charge is -2.10. The van der Waals surface area contributed by atoms with Gasteiger partial charge in [0.2, 0.25) is 5.56 Å². The van der Waals surface area contributed by atoms with E-state index < -0.39 is 24.0 Å². The largest absolute Gasteiger partial charge is 0.452 e. The summed E-state index contributed by atoms with van der Waals surface area (Å²) < 4.78 is 5.01. The third-order valence-corrected chi connectivity index (χ3v) is 4.62. The van der Waals surface area contributed by atoms with Gasteiger partial charge < -0.3 is 15.0 Å². The molecule has 2 N–H and O–H groups in total. The molecule has 0 aliphatic heterocycles. The third kappa shape index (κ3) is 4.42. The van der Waals surface area contributed by atoms with E-state index >= 15 is 0 Å². The maximum atomic E-state index is 12.3. The average molecular weight is 426 g/mol. The van der Waals surface area contributed by atoms with Gasteiger partial charge in [-0.3, -0.25) is 9.59 Å². The van der Waals surface area contributed by atoms with Crippen LogP contribution in [0.25, 0.3) is 10.9 Å². The number of carbonyl (C=O) groups is 2. The highest BCUT2D eigenvalue weighted by Crippen LogP contribution is 2.32. The van der Waals surface area contributed by atoms with E-state index in [0.717, 1.165) is 6.07 Å². The Morgan fingerprint density at radius 2 is 1.70 bits per heavy atom. The number of benzene rings is 2. The van der Waals surface area contributed by atoms with Crippen molar-refractivity contribution in [2.75, 3.05) is 11.9 Å². The van der Waals surface area contributed by atoms with Gasteiger partial charge in [0.25, 0.3) is 5.91 Å². The van der Waals surface area contributed by atoms with E-state index in [1.54, 1.807) is 24.3 Å². The van der Waals surface area contributed by atoms with Crippen molar-refractivity contribution in [3.63, 3.8) is 0 Å². The van der Waals surface area contributed by atoms with Crippen molar-refractivity contribution in [3.8, 4) is 0 Å². The fourth-order valence-corrected chi connectivity index (χ4v) is 2.98. The van der Waals surface area contributed by atoms with Gasteiger partial charge in [-0.15, -0.1) is 0 Å². The topological polar surface area (TPSA) is 88.3 Å². The Kier molecular flexibility index (Phi) is 5.70. The van der Waals surface area contributed by atoms with Crippen LogP contribution in [0.1, 0.15) is 10.4 Å². The van der Waals surface area contributed by atoms with E-state index in [0.29, 0.717) is 10.9 Å². The molecular formula is C18H11Cl3N2O4. The predicted octanol–water partition coefficient (Wildman–Crippen LogP) is 4.28. The van der Waals surface area contributed by atoms with Crippen molar-refractivity contribution in [2.45, 2.75) is 0 Å². The number of aromatic amines is 1. The van der Waals surface area contributed by atoms with Crippen LogP contribution in [0.15, 0.2) is 47.3 Å². The molecule has 138 valence electrons. The predicted molar refractivity (Wildman–Crippen MR) is 105 cm³/mol. The Morgan fingerprint density at radius 1 is 1.00 bits per heavy atom. The van der Waals surface area contributed by atoms with Gasteiger partial charge in [0.15, 0.2) is 6.61 Å². The molecule has 0 radical (unpaired) electrons. The number of para-hydroxylation sites is 1. The van der Waals surface area contributed by atoms with E-state index in [1.807, 2.05) is 0 Å². The van der Waals surface area contributed by atoms with Crippen molar-refractivity contribution >= 4 is 63.3 Å². The number of anilines is 1. The van der Waals surface area contributed by atoms with Gasteiger partial charge in [-0.2, -0.15) is 0 Å². The number of nitrogens with one attached hydrogen (secondary N) is 2. The number of halogens is 3. The molecule has 3 aromatic rings. The lowest BCUT2D eigenvalue weighted by atomic mass is 10.1. The Bertz CT molecular complexity index is 1110. The fourth-order valence-electron chi connectivity index (χ4n) is 2.39. The number of esters is 1. The highest BCUT2D eigenvalue weighted by atomic mass is 35.5. The van der Waals surface area contributed by atoms with E-state index in [-0.39, 0.29) is 26.3 Å². The highest BCUT2D eigenvalue weighted by molar-refractivity contribution is 6.44. The molecule has 0 fully saturated rings. The first-order chi connectivity index (χ1) is 12.8. The van der Waals surface area contributed by atoms with Gasteiger partial charge in [-0.1, -0.05) is 53.0 Å². The van der Waals surface area contributed by atoms with Crippen LogP contribution in [-0.2, 0) is 9.53 Å². The average Bonchev–Trinajstić information content (AvgIpc) is 2.63. The van der Waals surface area contributed by atoms with Gasteiger partial charge in [-0.05, 0) is 18.2 Å². The summed E-state index contributed by atoms with van der Waals surface area (Å²) in [4.78, 5) is 38.7. The first-order valence-corrected chi connectivity index (χ1v) is 8.72. The zero-order chi connectivity index (χ0) is 19.6. The van der Waals surface area contributed by atoms with Crippen LogP contribution < -0.4 is 10.9 Å². The van der Waals surface area contributed by atoms with Crippen LogP contribution in [0.5, 0.6) is 0 Å². The van der Waals surface area contributed by atoms with Crippen molar-refractivity contribution in [3.05, 3.63) is 73.4 Å². The maximum absolute atomic E-state index is 12.3. The van der Waals surface area contributed by atoms with E-state index in [4.69, 9.17) is 39.5 Å². The van der Waals surface area contributed by atoms with Gasteiger partial charge in [0, 0.05) is 17.0 Å². The Labute approximate surface area is 168 Å². The monoisotopic (exact) mass is 424 g/mol. The summed E-state index contributed by atoms with van der Waals surface area (Å²) in [6, 6.07) is 10.7. The smallest absolute Gasteiger partial charge is 0.339 e. The molecular weight excluding hydrogens is 415 g/mol. The quantitative estimate of drug-likeness (QED) is 0.482. The second-order valence-electron chi connectivity index (χ2n) is 5.46. The number of aromatic nitrogens is 1. The number of fused-ring (bicyclic) bond motifs is 1. The Hall–Kier alpha value is -2.54. The van der Waals surface area contributed by atoms with Crippen LogP contribution >= 0.6 is 34.8 Å². The number of pyridine rings is 1. The first kappa shape index (κ1) is 19.2. The van der Waals surface area contributed by atoms with Crippen LogP contribution in [0.2, 0.25) is 15.1 Å². The van der Waals surface area contributed by atoms with E-state index in [1.165, 1.54) is 12.1 Å². The molecule has 6 nitrogen and oxygen atoms in total. The number of H-pyrrole nitrogens is 1. The molecule has 1 amide bonds. The number of carbonyl (C=O) groups excluding carboxylic acids is 2. The summed E-state index contributed by atoms with van der Waals surface area (Å²) in [5, 5.41) is 3.62. The van der Waals surface area contributed by atoms with Gasteiger partial charge in [-0.25, -0.2) is 4.79 Å². The molecule has 0 unspecified atom stereocenters. The molecule has 0 saturated carbocycles. The fraction of sp³-hybridized carbons (Fsp3) is 0.0556. The van der Waals surface area contributed by atoms with Gasteiger partial charge in [0.1, 0.15) is 0 Å². The number of hydrogen-bond acceptors (Lipinski definition) is 4. The summed E-state index contributed by atoms with van der Waals surface area (Å²) in [6.45, 7) is -0.573. The SMILES string of the molecule is O=C(COC(=O)c1cc(=O)[nH]c2ccccc12)Nc1cc(Cl)c(Cl)cc1Cl.